The van der Waals surface area contributed by atoms with Crippen LogP contribution in [0.5, 0.6) is 0 Å². The van der Waals surface area contributed by atoms with E-state index in [-0.39, 0.29) is 17.3 Å². The van der Waals surface area contributed by atoms with Gasteiger partial charge in [0.15, 0.2) is 0 Å². The lowest BCUT2D eigenvalue weighted by atomic mass is 10.2. The van der Waals surface area contributed by atoms with Crippen molar-refractivity contribution in [1.29, 1.82) is 0 Å². The van der Waals surface area contributed by atoms with Crippen LogP contribution in [0.1, 0.15) is 30.1 Å². The number of carbonyl (C=O) groups excluding carboxylic acids is 2. The number of amides is 2. The van der Waals surface area contributed by atoms with Crippen LogP contribution in [0.4, 0.5) is 4.39 Å². The quantitative estimate of drug-likeness (QED) is 0.808. The van der Waals surface area contributed by atoms with Crippen molar-refractivity contribution in [2.45, 2.75) is 19.8 Å². The number of nitrogens with two attached hydrogens (primary N) is 1. The average Bonchev–Trinajstić information content (AvgIpc) is 2.36. The molecule has 1 aromatic heterocycles. The van der Waals surface area contributed by atoms with Crippen LogP contribution in [0, 0.1) is 5.82 Å². The summed E-state index contributed by atoms with van der Waals surface area (Å²) < 4.78 is 13.1. The van der Waals surface area contributed by atoms with Crippen molar-refractivity contribution in [3.05, 3.63) is 28.8 Å². The van der Waals surface area contributed by atoms with E-state index in [9.17, 15) is 14.0 Å². The van der Waals surface area contributed by atoms with Crippen LogP contribution < -0.4 is 5.73 Å². The zero-order valence-electron chi connectivity index (χ0n) is 10.5. The van der Waals surface area contributed by atoms with Crippen LogP contribution in [0.25, 0.3) is 0 Å². The molecule has 0 aromatic carbocycles. The van der Waals surface area contributed by atoms with Gasteiger partial charge in [0.2, 0.25) is 5.91 Å². The molecule has 0 bridgehead atoms. The van der Waals surface area contributed by atoms with Crippen molar-refractivity contribution in [3.8, 4) is 0 Å². The molecular weight excluding hydrogens is 273 g/mol. The number of pyridine rings is 1. The molecule has 0 atom stereocenters. The molecule has 0 saturated heterocycles. The molecule has 2 N–H and O–H groups in total. The number of nitrogens with zero attached hydrogens (tertiary/aromatic N) is 2. The van der Waals surface area contributed by atoms with E-state index in [0.717, 1.165) is 18.7 Å². The smallest absolute Gasteiger partial charge is 0.257 e. The van der Waals surface area contributed by atoms with Crippen molar-refractivity contribution in [3.63, 3.8) is 0 Å². The fourth-order valence-electron chi connectivity index (χ4n) is 1.53. The number of hydrogen-bond donors (Lipinski definition) is 1. The van der Waals surface area contributed by atoms with Crippen LogP contribution in [0.3, 0.4) is 0 Å². The molecule has 0 aliphatic rings. The standard InChI is InChI=1S/C12H15ClFN3O2/c1-2-3-4-17(7-10(15)18)12(19)9-5-8(14)6-16-11(9)13/h5-6H,2-4,7H2,1H3,(H2,15,18). The van der Waals surface area contributed by atoms with Gasteiger partial charge in [0.05, 0.1) is 18.3 Å². The summed E-state index contributed by atoms with van der Waals surface area (Å²) in [6.07, 6.45) is 2.47. The van der Waals surface area contributed by atoms with Gasteiger partial charge in [-0.05, 0) is 12.5 Å². The summed E-state index contributed by atoms with van der Waals surface area (Å²) in [5.41, 5.74) is 5.02. The van der Waals surface area contributed by atoms with Crippen molar-refractivity contribution in [1.82, 2.24) is 9.88 Å². The summed E-state index contributed by atoms with van der Waals surface area (Å²) in [6.45, 7) is 2.07. The van der Waals surface area contributed by atoms with Gasteiger partial charge in [-0.3, -0.25) is 9.59 Å². The second-order valence-corrected chi connectivity index (χ2v) is 4.40. The normalized spacial score (nSPS) is 10.3. The molecule has 1 aromatic rings. The minimum Gasteiger partial charge on any atom is -0.368 e. The zero-order valence-corrected chi connectivity index (χ0v) is 11.3. The maximum absolute atomic E-state index is 13.1. The van der Waals surface area contributed by atoms with Crippen LogP contribution in [-0.2, 0) is 4.79 Å². The number of aromatic nitrogens is 1. The van der Waals surface area contributed by atoms with E-state index >= 15 is 0 Å². The molecule has 0 fully saturated rings. The van der Waals surface area contributed by atoms with Gasteiger partial charge in [0.25, 0.3) is 5.91 Å². The topological polar surface area (TPSA) is 76.3 Å². The second-order valence-electron chi connectivity index (χ2n) is 4.04. The zero-order chi connectivity index (χ0) is 14.4. The predicted molar refractivity (Wildman–Crippen MR) is 69.2 cm³/mol. The minimum atomic E-state index is -0.665. The highest BCUT2D eigenvalue weighted by molar-refractivity contribution is 6.32. The van der Waals surface area contributed by atoms with Gasteiger partial charge in [0, 0.05) is 6.54 Å². The van der Waals surface area contributed by atoms with Gasteiger partial charge in [-0.2, -0.15) is 0 Å². The van der Waals surface area contributed by atoms with Crippen LogP contribution in [0.15, 0.2) is 12.3 Å². The molecule has 0 aliphatic heterocycles. The van der Waals surface area contributed by atoms with Crippen molar-refractivity contribution in [2.75, 3.05) is 13.1 Å². The highest BCUT2D eigenvalue weighted by Crippen LogP contribution is 2.16. The van der Waals surface area contributed by atoms with Gasteiger partial charge in [-0.25, -0.2) is 9.37 Å². The lowest BCUT2D eigenvalue weighted by Crippen LogP contribution is -2.39. The van der Waals surface area contributed by atoms with Crippen molar-refractivity contribution in [2.24, 2.45) is 5.73 Å². The molecule has 0 radical (unpaired) electrons. The highest BCUT2D eigenvalue weighted by Gasteiger charge is 2.21. The Morgan fingerprint density at radius 1 is 1.53 bits per heavy atom. The van der Waals surface area contributed by atoms with Gasteiger partial charge in [0.1, 0.15) is 11.0 Å². The molecule has 0 unspecified atom stereocenters. The van der Waals surface area contributed by atoms with E-state index < -0.39 is 17.6 Å². The fraction of sp³-hybridized carbons (Fsp3) is 0.417. The average molecular weight is 288 g/mol. The van der Waals surface area contributed by atoms with E-state index in [1.165, 1.54) is 4.90 Å². The van der Waals surface area contributed by atoms with Crippen LogP contribution in [0.2, 0.25) is 5.15 Å². The lowest BCUT2D eigenvalue weighted by Gasteiger charge is -2.21. The van der Waals surface area contributed by atoms with Gasteiger partial charge in [-0.1, -0.05) is 24.9 Å². The Labute approximate surface area is 115 Å². The number of hydrogen-bond acceptors (Lipinski definition) is 3. The molecule has 104 valence electrons. The number of primary amides is 1. The monoisotopic (exact) mass is 287 g/mol. The number of rotatable bonds is 6. The first-order valence-electron chi connectivity index (χ1n) is 5.84. The molecule has 7 heteroatoms. The van der Waals surface area contributed by atoms with Crippen LogP contribution in [-0.4, -0.2) is 34.8 Å². The number of halogens is 2. The number of unbranched alkanes of at least 4 members (excludes halogenated alkanes) is 1. The molecule has 5 nitrogen and oxygen atoms in total. The summed E-state index contributed by atoms with van der Waals surface area (Å²) in [7, 11) is 0. The Kier molecular flexibility index (Phi) is 5.69. The van der Waals surface area contributed by atoms with Crippen LogP contribution >= 0.6 is 11.6 Å². The molecule has 19 heavy (non-hydrogen) atoms. The summed E-state index contributed by atoms with van der Waals surface area (Å²) in [5, 5.41) is -0.0997. The fourth-order valence-corrected chi connectivity index (χ4v) is 1.72. The van der Waals surface area contributed by atoms with Crippen molar-refractivity contribution < 1.29 is 14.0 Å². The molecule has 0 aliphatic carbocycles. The first-order valence-corrected chi connectivity index (χ1v) is 6.22. The Morgan fingerprint density at radius 2 is 2.21 bits per heavy atom. The predicted octanol–water partition coefficient (Wildman–Crippen LogP) is 1.60. The first-order chi connectivity index (χ1) is 8.95. The molecule has 0 spiro atoms. The summed E-state index contributed by atoms with van der Waals surface area (Å²) in [4.78, 5) is 28.0. The Balaban J connectivity index is 2.97. The third-order valence-electron chi connectivity index (χ3n) is 2.45. The summed E-state index contributed by atoms with van der Waals surface area (Å²) in [6, 6.07) is 0.998. The van der Waals surface area contributed by atoms with Gasteiger partial charge >= 0.3 is 0 Å². The highest BCUT2D eigenvalue weighted by atomic mass is 35.5. The van der Waals surface area contributed by atoms with E-state index in [2.05, 4.69) is 4.98 Å². The summed E-state index contributed by atoms with van der Waals surface area (Å²) in [5.74, 6) is -1.85. The van der Waals surface area contributed by atoms with Gasteiger partial charge in [-0.15, -0.1) is 0 Å². The second kappa shape index (κ2) is 7.04. The Bertz CT molecular complexity index is 482. The largest absolute Gasteiger partial charge is 0.368 e. The van der Waals surface area contributed by atoms with Crippen molar-refractivity contribution >= 4 is 23.4 Å². The Hall–Kier alpha value is -1.69. The molecule has 0 saturated carbocycles. The van der Waals surface area contributed by atoms with E-state index in [1.807, 2.05) is 6.92 Å². The maximum atomic E-state index is 13.1. The molecule has 1 heterocycles. The first kappa shape index (κ1) is 15.4. The maximum Gasteiger partial charge on any atom is 0.257 e. The minimum absolute atomic E-state index is 0.0704. The third kappa shape index (κ3) is 4.48. The lowest BCUT2D eigenvalue weighted by molar-refractivity contribution is -0.118. The molecule has 1 rings (SSSR count). The number of carbonyl (C=O) groups is 2. The third-order valence-corrected chi connectivity index (χ3v) is 2.75. The van der Waals surface area contributed by atoms with E-state index in [4.69, 9.17) is 17.3 Å². The Morgan fingerprint density at radius 3 is 2.79 bits per heavy atom. The molecule has 2 amide bonds. The SMILES string of the molecule is CCCCN(CC(N)=O)C(=O)c1cc(F)cnc1Cl. The summed E-state index contributed by atoms with van der Waals surface area (Å²) >= 11 is 5.76. The van der Waals surface area contributed by atoms with E-state index in [1.54, 1.807) is 0 Å². The van der Waals surface area contributed by atoms with E-state index in [0.29, 0.717) is 13.0 Å². The van der Waals surface area contributed by atoms with Gasteiger partial charge < -0.3 is 10.6 Å². The molecular formula is C12H15ClFN3O2.